The first-order valence-electron chi connectivity index (χ1n) is 7.44. The second-order valence-corrected chi connectivity index (χ2v) is 6.83. The van der Waals surface area contributed by atoms with Gasteiger partial charge < -0.3 is 4.57 Å². The Morgan fingerprint density at radius 3 is 2.59 bits per heavy atom. The van der Waals surface area contributed by atoms with E-state index in [9.17, 15) is 4.79 Å². The lowest BCUT2D eigenvalue weighted by Gasteiger charge is -2.21. The SMILES string of the molecule is CC(C)c1c(-c2ccn(C(C)(C)C)c2)nc2nc[nH]n2c1=O. The van der Waals surface area contributed by atoms with Crippen LogP contribution >= 0.6 is 0 Å². The number of aromatic amines is 1. The van der Waals surface area contributed by atoms with Gasteiger partial charge in [-0.3, -0.25) is 9.89 Å². The number of rotatable bonds is 2. The molecule has 0 bridgehead atoms. The third-order valence-electron chi connectivity index (χ3n) is 3.79. The van der Waals surface area contributed by atoms with Gasteiger partial charge in [-0.15, -0.1) is 0 Å². The van der Waals surface area contributed by atoms with Crippen molar-refractivity contribution < 1.29 is 0 Å². The quantitative estimate of drug-likeness (QED) is 0.791. The lowest BCUT2D eigenvalue weighted by atomic mass is 10.00. The fourth-order valence-corrected chi connectivity index (χ4v) is 2.56. The van der Waals surface area contributed by atoms with E-state index in [1.807, 2.05) is 32.3 Å². The highest BCUT2D eigenvalue weighted by molar-refractivity contribution is 5.64. The van der Waals surface area contributed by atoms with E-state index in [0.717, 1.165) is 11.3 Å². The lowest BCUT2D eigenvalue weighted by Crippen LogP contribution is -2.22. The van der Waals surface area contributed by atoms with Crippen molar-refractivity contribution in [3.05, 3.63) is 40.7 Å². The van der Waals surface area contributed by atoms with Gasteiger partial charge in [0.25, 0.3) is 11.3 Å². The summed E-state index contributed by atoms with van der Waals surface area (Å²) in [6.45, 7) is 10.4. The summed E-state index contributed by atoms with van der Waals surface area (Å²) in [5, 5.41) is 2.82. The van der Waals surface area contributed by atoms with E-state index >= 15 is 0 Å². The number of H-pyrrole nitrogens is 1. The summed E-state index contributed by atoms with van der Waals surface area (Å²) in [4.78, 5) is 21.4. The van der Waals surface area contributed by atoms with Gasteiger partial charge in [0.05, 0.1) is 5.69 Å². The Kier molecular flexibility index (Phi) is 3.20. The van der Waals surface area contributed by atoms with Gasteiger partial charge in [0.15, 0.2) is 0 Å². The zero-order chi connectivity index (χ0) is 16.1. The van der Waals surface area contributed by atoms with Crippen LogP contribution in [-0.2, 0) is 5.54 Å². The molecule has 3 rings (SSSR count). The van der Waals surface area contributed by atoms with Crippen molar-refractivity contribution in [1.82, 2.24) is 24.1 Å². The molecule has 6 nitrogen and oxygen atoms in total. The van der Waals surface area contributed by atoms with Gasteiger partial charge in [-0.2, -0.15) is 4.52 Å². The number of hydrogen-bond acceptors (Lipinski definition) is 3. The number of aromatic nitrogens is 5. The fourth-order valence-electron chi connectivity index (χ4n) is 2.56. The van der Waals surface area contributed by atoms with Crippen LogP contribution in [0.3, 0.4) is 0 Å². The molecular weight excluding hydrogens is 278 g/mol. The normalized spacial score (nSPS) is 12.5. The lowest BCUT2D eigenvalue weighted by molar-refractivity contribution is 0.398. The number of nitrogens with zero attached hydrogens (tertiary/aromatic N) is 4. The van der Waals surface area contributed by atoms with Gasteiger partial charge in [-0.05, 0) is 32.8 Å². The molecule has 0 saturated heterocycles. The average molecular weight is 299 g/mol. The molecule has 0 aromatic carbocycles. The summed E-state index contributed by atoms with van der Waals surface area (Å²) in [5.74, 6) is 0.473. The number of hydrogen-bond donors (Lipinski definition) is 1. The zero-order valence-electron chi connectivity index (χ0n) is 13.6. The summed E-state index contributed by atoms with van der Waals surface area (Å²) in [6, 6.07) is 2.00. The number of nitrogens with one attached hydrogen (secondary N) is 1. The molecule has 0 spiro atoms. The van der Waals surface area contributed by atoms with Gasteiger partial charge in [0, 0.05) is 29.1 Å². The second-order valence-electron chi connectivity index (χ2n) is 6.83. The van der Waals surface area contributed by atoms with E-state index < -0.39 is 0 Å². The third kappa shape index (κ3) is 2.24. The Bertz CT molecular complexity index is 876. The Balaban J connectivity index is 2.28. The van der Waals surface area contributed by atoms with Crippen molar-refractivity contribution in [2.75, 3.05) is 0 Å². The summed E-state index contributed by atoms with van der Waals surface area (Å²) < 4.78 is 3.51. The van der Waals surface area contributed by atoms with Gasteiger partial charge in [-0.25, -0.2) is 9.97 Å². The maximum absolute atomic E-state index is 12.7. The molecule has 3 aromatic heterocycles. The minimum absolute atomic E-state index is 0.0122. The Morgan fingerprint density at radius 1 is 1.27 bits per heavy atom. The number of fused-ring (bicyclic) bond motifs is 1. The molecule has 3 heterocycles. The van der Waals surface area contributed by atoms with Crippen LogP contribution < -0.4 is 5.56 Å². The van der Waals surface area contributed by atoms with Gasteiger partial charge in [0.1, 0.15) is 6.33 Å². The van der Waals surface area contributed by atoms with Crippen molar-refractivity contribution in [3.63, 3.8) is 0 Å². The monoisotopic (exact) mass is 299 g/mol. The Hall–Kier alpha value is -2.37. The highest BCUT2D eigenvalue weighted by Crippen LogP contribution is 2.27. The summed E-state index contributed by atoms with van der Waals surface area (Å²) in [7, 11) is 0. The summed E-state index contributed by atoms with van der Waals surface area (Å²) in [5.41, 5.74) is 2.27. The first-order valence-corrected chi connectivity index (χ1v) is 7.44. The molecule has 0 atom stereocenters. The highest BCUT2D eigenvalue weighted by Gasteiger charge is 2.20. The van der Waals surface area contributed by atoms with Gasteiger partial charge in [0.2, 0.25) is 0 Å². The minimum Gasteiger partial charge on any atom is -0.348 e. The fraction of sp³-hybridized carbons (Fsp3) is 0.438. The van der Waals surface area contributed by atoms with E-state index in [0.29, 0.717) is 11.3 Å². The van der Waals surface area contributed by atoms with E-state index in [1.165, 1.54) is 10.8 Å². The molecule has 3 aromatic rings. The zero-order valence-corrected chi connectivity index (χ0v) is 13.6. The molecule has 0 radical (unpaired) electrons. The summed E-state index contributed by atoms with van der Waals surface area (Å²) >= 11 is 0. The van der Waals surface area contributed by atoms with Crippen LogP contribution in [0.25, 0.3) is 17.0 Å². The molecule has 0 amide bonds. The minimum atomic E-state index is -0.0870. The standard InChI is InChI=1S/C16H21N5O/c1-10(2)12-13(11-6-7-20(8-11)16(3,4)5)19-15-17-9-18-21(15)14(12)22/h6-10H,1-5H3,(H,17,18,19). The Labute approximate surface area is 128 Å². The predicted molar refractivity (Wildman–Crippen MR) is 86.1 cm³/mol. The predicted octanol–water partition coefficient (Wildman–Crippen LogP) is 2.76. The third-order valence-corrected chi connectivity index (χ3v) is 3.79. The van der Waals surface area contributed by atoms with Crippen molar-refractivity contribution in [1.29, 1.82) is 0 Å². The van der Waals surface area contributed by atoms with Crippen LogP contribution in [0.4, 0.5) is 0 Å². The van der Waals surface area contributed by atoms with Crippen molar-refractivity contribution in [3.8, 4) is 11.3 Å². The van der Waals surface area contributed by atoms with Crippen LogP contribution in [0.15, 0.2) is 29.6 Å². The molecule has 0 aliphatic rings. The van der Waals surface area contributed by atoms with E-state index in [1.54, 1.807) is 0 Å². The van der Waals surface area contributed by atoms with Gasteiger partial charge in [-0.1, -0.05) is 13.8 Å². The molecular formula is C16H21N5O. The molecule has 22 heavy (non-hydrogen) atoms. The van der Waals surface area contributed by atoms with Gasteiger partial charge >= 0.3 is 0 Å². The largest absolute Gasteiger partial charge is 0.348 e. The van der Waals surface area contributed by atoms with Crippen LogP contribution in [0.2, 0.25) is 0 Å². The topological polar surface area (TPSA) is 68.0 Å². The summed E-state index contributed by atoms with van der Waals surface area (Å²) in [6.07, 6.45) is 5.54. The van der Waals surface area contributed by atoms with Crippen molar-refractivity contribution in [2.45, 2.75) is 46.1 Å². The molecule has 0 aliphatic carbocycles. The first kappa shape index (κ1) is 14.6. The molecule has 0 unspecified atom stereocenters. The van der Waals surface area contributed by atoms with Crippen LogP contribution in [-0.4, -0.2) is 24.1 Å². The average Bonchev–Trinajstić information content (AvgIpc) is 3.06. The molecule has 0 saturated carbocycles. The highest BCUT2D eigenvalue weighted by atomic mass is 16.1. The molecule has 0 aliphatic heterocycles. The first-order chi connectivity index (χ1) is 10.3. The molecule has 6 heteroatoms. The molecule has 1 N–H and O–H groups in total. The maximum Gasteiger partial charge on any atom is 0.278 e. The van der Waals surface area contributed by atoms with E-state index in [4.69, 9.17) is 0 Å². The van der Waals surface area contributed by atoms with Crippen LogP contribution in [0, 0.1) is 0 Å². The van der Waals surface area contributed by atoms with Crippen molar-refractivity contribution in [2.24, 2.45) is 0 Å². The second kappa shape index (κ2) is 4.83. The molecule has 0 fully saturated rings. The van der Waals surface area contributed by atoms with E-state index in [2.05, 4.69) is 40.4 Å². The van der Waals surface area contributed by atoms with Crippen LogP contribution in [0.1, 0.15) is 46.1 Å². The van der Waals surface area contributed by atoms with E-state index in [-0.39, 0.29) is 17.0 Å². The smallest absolute Gasteiger partial charge is 0.278 e. The van der Waals surface area contributed by atoms with Crippen LogP contribution in [0.5, 0.6) is 0 Å². The molecule has 116 valence electrons. The Morgan fingerprint density at radius 2 is 2.00 bits per heavy atom. The van der Waals surface area contributed by atoms with Crippen molar-refractivity contribution >= 4 is 5.78 Å². The maximum atomic E-state index is 12.7.